The summed E-state index contributed by atoms with van der Waals surface area (Å²) in [6.45, 7) is 4.19. The molecule has 0 saturated heterocycles. The Balaban J connectivity index is 1.69. The van der Waals surface area contributed by atoms with Crippen molar-refractivity contribution >= 4 is 41.0 Å². The highest BCUT2D eigenvalue weighted by Crippen LogP contribution is 2.62. The summed E-state index contributed by atoms with van der Waals surface area (Å²) in [6, 6.07) is 11.8. The first-order valence-electron chi connectivity index (χ1n) is 12.5. The van der Waals surface area contributed by atoms with E-state index >= 15 is 8.78 Å². The minimum absolute atomic E-state index is 0.0979. The molecule has 0 spiro atoms. The Morgan fingerprint density at radius 2 is 1.74 bits per heavy atom. The largest absolute Gasteiger partial charge is 0.497 e. The van der Waals surface area contributed by atoms with Crippen molar-refractivity contribution in [1.82, 2.24) is 9.97 Å². The van der Waals surface area contributed by atoms with E-state index in [1.165, 1.54) is 37.6 Å². The molecule has 0 radical (unpaired) electrons. The lowest BCUT2D eigenvalue weighted by Crippen LogP contribution is -2.31. The van der Waals surface area contributed by atoms with Crippen LogP contribution in [0.25, 0.3) is 21.8 Å². The average Bonchev–Trinajstić information content (AvgIpc) is 2.91. The van der Waals surface area contributed by atoms with E-state index in [0.717, 1.165) is 23.3 Å². The van der Waals surface area contributed by atoms with E-state index in [2.05, 4.69) is 9.97 Å². The van der Waals surface area contributed by atoms with Gasteiger partial charge in [0.1, 0.15) is 11.3 Å². The fourth-order valence-corrected chi connectivity index (χ4v) is 5.88. The van der Waals surface area contributed by atoms with Crippen molar-refractivity contribution in [3.8, 4) is 5.75 Å². The van der Waals surface area contributed by atoms with Crippen LogP contribution in [0.2, 0.25) is 0 Å². The first-order chi connectivity index (χ1) is 18.5. The van der Waals surface area contributed by atoms with E-state index in [1.807, 2.05) is 31.2 Å². The highest BCUT2D eigenvalue weighted by atomic mass is 31.2. The van der Waals surface area contributed by atoms with Crippen molar-refractivity contribution in [2.75, 3.05) is 26.1 Å². The number of anilines is 1. The van der Waals surface area contributed by atoms with Crippen molar-refractivity contribution in [2.24, 2.45) is 0 Å². The van der Waals surface area contributed by atoms with Crippen LogP contribution in [0, 0.1) is 6.92 Å². The van der Waals surface area contributed by atoms with Gasteiger partial charge in [-0.1, -0.05) is 18.2 Å². The van der Waals surface area contributed by atoms with E-state index in [1.54, 1.807) is 13.3 Å². The molecule has 206 valence electrons. The topological polar surface area (TPSA) is 114 Å². The Morgan fingerprint density at radius 3 is 2.38 bits per heavy atom. The van der Waals surface area contributed by atoms with Gasteiger partial charge in [0.05, 0.1) is 25.8 Å². The van der Waals surface area contributed by atoms with Gasteiger partial charge in [-0.25, -0.2) is 4.98 Å². The highest BCUT2D eigenvalue weighted by Gasteiger charge is 2.59. The number of ketones is 1. The predicted molar refractivity (Wildman–Crippen MR) is 147 cm³/mol. The van der Waals surface area contributed by atoms with E-state index in [9.17, 15) is 9.36 Å². The first-order valence-corrected chi connectivity index (χ1v) is 14.0. The minimum Gasteiger partial charge on any atom is -0.497 e. The maximum atomic E-state index is 15.1. The molecule has 0 atom stereocenters. The first kappa shape index (κ1) is 28.5. The number of halogens is 2. The number of rotatable bonds is 11. The fraction of sp³-hybridized carbons (Fsp3) is 0.321. The molecule has 0 saturated carbocycles. The monoisotopic (exact) mass is 557 g/mol. The third-order valence-electron chi connectivity index (χ3n) is 6.43. The van der Waals surface area contributed by atoms with E-state index < -0.39 is 24.6 Å². The van der Waals surface area contributed by atoms with E-state index in [4.69, 9.17) is 19.5 Å². The molecule has 8 nitrogen and oxygen atoms in total. The highest BCUT2D eigenvalue weighted by molar-refractivity contribution is 7.56. The molecule has 11 heteroatoms. The number of nitrogens with two attached hydrogens (primary N) is 1. The van der Waals surface area contributed by atoms with Gasteiger partial charge in [-0.3, -0.25) is 14.3 Å². The molecule has 0 unspecified atom stereocenters. The van der Waals surface area contributed by atoms with Crippen molar-refractivity contribution < 1.29 is 31.9 Å². The lowest BCUT2D eigenvalue weighted by molar-refractivity contribution is 0.0322. The number of methoxy groups -OCH3 is 1. The van der Waals surface area contributed by atoms with Gasteiger partial charge in [0, 0.05) is 22.5 Å². The molecule has 4 rings (SSSR count). The molecule has 2 heterocycles. The van der Waals surface area contributed by atoms with Crippen LogP contribution in [0.1, 0.15) is 40.9 Å². The summed E-state index contributed by atoms with van der Waals surface area (Å²) in [4.78, 5) is 21.6. The summed E-state index contributed by atoms with van der Waals surface area (Å²) >= 11 is 0. The molecule has 0 fully saturated rings. The average molecular weight is 558 g/mol. The van der Waals surface area contributed by atoms with E-state index in [-0.39, 0.29) is 24.5 Å². The molecule has 2 aromatic heterocycles. The number of Topliss-reactive ketones (excluding diaryl/α,β-unsaturated/α-hetero) is 1. The third-order valence-corrected chi connectivity index (χ3v) is 8.51. The SMILES string of the molecule is CCOP(=O)(OCC)C(F)(F)C(=O)c1ccc2c(c1)nc(N)c1ncc(CCc3ccc(OC)cc3C)cc12. The summed E-state index contributed by atoms with van der Waals surface area (Å²) in [5.41, 5.74) is 5.31. The molecule has 0 aliphatic heterocycles. The Kier molecular flexibility index (Phi) is 8.30. The number of carbonyl (C=O) groups is 1. The summed E-state index contributed by atoms with van der Waals surface area (Å²) in [5.74, 6) is -0.787. The second-order valence-corrected chi connectivity index (χ2v) is 11.0. The van der Waals surface area contributed by atoms with Gasteiger partial charge in [0.2, 0.25) is 5.78 Å². The molecule has 2 aromatic carbocycles. The Morgan fingerprint density at radius 1 is 1.03 bits per heavy atom. The number of fused-ring (bicyclic) bond motifs is 3. The predicted octanol–water partition coefficient (Wildman–Crippen LogP) is 6.51. The maximum Gasteiger partial charge on any atom is 0.408 e. The number of hydrogen-bond donors (Lipinski definition) is 1. The lowest BCUT2D eigenvalue weighted by atomic mass is 9.99. The molecule has 0 amide bonds. The molecular weight excluding hydrogens is 527 g/mol. The fourth-order valence-electron chi connectivity index (χ4n) is 4.42. The minimum atomic E-state index is -5.05. The number of pyridine rings is 2. The second kappa shape index (κ2) is 11.3. The number of aryl methyl sites for hydroxylation is 3. The van der Waals surface area contributed by atoms with Gasteiger partial charge >= 0.3 is 13.3 Å². The quantitative estimate of drug-likeness (QED) is 0.126. The van der Waals surface area contributed by atoms with Gasteiger partial charge < -0.3 is 19.5 Å². The molecule has 2 N–H and O–H groups in total. The standard InChI is InChI=1S/C28H30F2N3O5P/c1-5-37-39(35,38-6-2)28(29,30)26(34)20-10-12-22-23-14-18(16-32-25(23)27(31)33-24(22)15-20)7-8-19-9-11-21(36-4)13-17(19)3/h9-16H,5-8H2,1-4H3,(H2,31,33). The van der Waals surface area contributed by atoms with Crippen LogP contribution in [0.4, 0.5) is 14.6 Å². The number of carbonyl (C=O) groups excluding carboxylic acids is 1. The Labute approximate surface area is 225 Å². The summed E-state index contributed by atoms with van der Waals surface area (Å²) < 4.78 is 57.7. The molecule has 0 aliphatic carbocycles. The summed E-state index contributed by atoms with van der Waals surface area (Å²) in [7, 11) is -3.42. The van der Waals surface area contributed by atoms with Crippen LogP contribution in [-0.4, -0.2) is 41.7 Å². The van der Waals surface area contributed by atoms with Crippen LogP contribution in [0.3, 0.4) is 0 Å². The zero-order chi connectivity index (χ0) is 28.4. The molecule has 39 heavy (non-hydrogen) atoms. The number of hydrogen-bond acceptors (Lipinski definition) is 8. The van der Waals surface area contributed by atoms with Crippen molar-refractivity contribution in [1.29, 1.82) is 0 Å². The van der Waals surface area contributed by atoms with Gasteiger partial charge in [0.25, 0.3) is 0 Å². The van der Waals surface area contributed by atoms with Crippen LogP contribution in [0.5, 0.6) is 5.75 Å². The van der Waals surface area contributed by atoms with E-state index in [0.29, 0.717) is 22.7 Å². The number of aromatic nitrogens is 2. The smallest absolute Gasteiger partial charge is 0.408 e. The van der Waals surface area contributed by atoms with Gasteiger partial charge in [-0.15, -0.1) is 0 Å². The van der Waals surface area contributed by atoms with Crippen LogP contribution < -0.4 is 10.5 Å². The van der Waals surface area contributed by atoms with Crippen molar-refractivity contribution in [2.45, 2.75) is 39.3 Å². The molecule has 0 bridgehead atoms. The zero-order valence-corrected chi connectivity index (χ0v) is 23.1. The van der Waals surface area contributed by atoms with Crippen molar-refractivity contribution in [3.63, 3.8) is 0 Å². The van der Waals surface area contributed by atoms with Gasteiger partial charge in [0.15, 0.2) is 5.82 Å². The number of nitrogen functional groups attached to an aromatic ring is 1. The number of alkyl halides is 2. The van der Waals surface area contributed by atoms with Gasteiger partial charge in [-0.2, -0.15) is 8.78 Å². The number of benzene rings is 2. The third kappa shape index (κ3) is 5.50. The van der Waals surface area contributed by atoms with Crippen LogP contribution >= 0.6 is 7.60 Å². The summed E-state index contributed by atoms with van der Waals surface area (Å²) in [6.07, 6.45) is 3.21. The Bertz CT molecular complexity index is 1590. The molecular formula is C28H30F2N3O5P. The molecule has 0 aliphatic rings. The zero-order valence-electron chi connectivity index (χ0n) is 22.2. The van der Waals surface area contributed by atoms with Crippen molar-refractivity contribution in [3.05, 3.63) is 70.9 Å². The second-order valence-electron chi connectivity index (χ2n) is 8.96. The lowest BCUT2D eigenvalue weighted by Gasteiger charge is -2.24. The normalized spacial score (nSPS) is 12.3. The van der Waals surface area contributed by atoms with Crippen LogP contribution in [0.15, 0.2) is 48.7 Å². The van der Waals surface area contributed by atoms with Crippen LogP contribution in [-0.2, 0) is 26.5 Å². The number of nitrogens with zero attached hydrogens (tertiary/aromatic N) is 2. The summed E-state index contributed by atoms with van der Waals surface area (Å²) in [5, 5.41) is 1.27. The Hall–Kier alpha value is -3.46. The number of ether oxygens (including phenoxy) is 1. The maximum absolute atomic E-state index is 15.1. The molecule has 4 aromatic rings. The van der Waals surface area contributed by atoms with Gasteiger partial charge in [-0.05, 0) is 74.6 Å².